The van der Waals surface area contributed by atoms with Gasteiger partial charge in [-0.15, -0.1) is 0 Å². The van der Waals surface area contributed by atoms with Gasteiger partial charge in [-0.1, -0.05) is 0 Å². The summed E-state index contributed by atoms with van der Waals surface area (Å²) in [7, 11) is 0. The normalized spacial score (nSPS) is 16.6. The van der Waals surface area contributed by atoms with Crippen molar-refractivity contribution in [2.45, 2.75) is 32.2 Å². The highest BCUT2D eigenvalue weighted by atomic mass is 19.1. The Kier molecular flexibility index (Phi) is 4.09. The Morgan fingerprint density at radius 1 is 1.28 bits per heavy atom. The van der Waals surface area contributed by atoms with Crippen LogP contribution in [0.4, 0.5) is 4.39 Å². The summed E-state index contributed by atoms with van der Waals surface area (Å²) < 4.78 is 14.4. The van der Waals surface area contributed by atoms with Crippen LogP contribution in [-0.4, -0.2) is 37.6 Å². The molecule has 7 heteroatoms. The van der Waals surface area contributed by atoms with Gasteiger partial charge in [-0.05, 0) is 45.0 Å². The van der Waals surface area contributed by atoms with Crippen LogP contribution in [0.15, 0.2) is 35.3 Å². The summed E-state index contributed by atoms with van der Waals surface area (Å²) in [6.07, 6.45) is 3.16. The first-order valence-corrected chi connectivity index (χ1v) is 8.50. The van der Waals surface area contributed by atoms with Gasteiger partial charge >= 0.3 is 0 Å². The number of aryl methyl sites for hydroxylation is 1. The maximum Gasteiger partial charge on any atom is 0.272 e. The van der Waals surface area contributed by atoms with Gasteiger partial charge in [0.25, 0.3) is 5.56 Å². The molecule has 1 saturated heterocycles. The Morgan fingerprint density at radius 2 is 2.08 bits per heavy atom. The Bertz CT molecular complexity index is 938. The standard InChI is InChI=1S/C18H20FN5O/c1-12-8-17-21-16(9-18(25)24(17)22-12)13-4-6-23(7-5-13)11-15-3-2-14(19)10-20-15/h2-3,8-10,13,22H,4-7,11H2,1H3. The second-order valence-electron chi connectivity index (χ2n) is 6.67. The molecule has 0 aromatic carbocycles. The number of halogens is 1. The van der Waals surface area contributed by atoms with Crippen LogP contribution < -0.4 is 5.56 Å². The predicted octanol–water partition coefficient (Wildman–Crippen LogP) is 2.24. The summed E-state index contributed by atoms with van der Waals surface area (Å²) >= 11 is 0. The van der Waals surface area contributed by atoms with Crippen LogP contribution in [0.1, 0.15) is 35.8 Å². The molecular weight excluding hydrogens is 321 g/mol. The Balaban J connectivity index is 1.44. The lowest BCUT2D eigenvalue weighted by atomic mass is 9.93. The van der Waals surface area contributed by atoms with Crippen molar-refractivity contribution in [3.8, 4) is 0 Å². The van der Waals surface area contributed by atoms with E-state index in [0.29, 0.717) is 11.6 Å². The van der Waals surface area contributed by atoms with Gasteiger partial charge in [-0.2, -0.15) is 0 Å². The van der Waals surface area contributed by atoms with Crippen molar-refractivity contribution in [1.82, 2.24) is 24.5 Å². The molecule has 1 aliphatic rings. The minimum absolute atomic E-state index is 0.0639. The number of nitrogens with one attached hydrogen (secondary N) is 1. The fraction of sp³-hybridized carbons (Fsp3) is 0.389. The zero-order valence-corrected chi connectivity index (χ0v) is 14.1. The van der Waals surface area contributed by atoms with Gasteiger partial charge in [0.15, 0.2) is 5.65 Å². The lowest BCUT2D eigenvalue weighted by Crippen LogP contribution is -2.33. The monoisotopic (exact) mass is 341 g/mol. The molecule has 0 amide bonds. The number of aromatic nitrogens is 4. The van der Waals surface area contributed by atoms with Crippen molar-refractivity contribution >= 4 is 5.65 Å². The highest BCUT2D eigenvalue weighted by Gasteiger charge is 2.23. The molecule has 3 aromatic rings. The van der Waals surface area contributed by atoms with E-state index in [2.05, 4.69) is 20.0 Å². The van der Waals surface area contributed by atoms with Gasteiger partial charge in [0.2, 0.25) is 0 Å². The number of H-pyrrole nitrogens is 1. The maximum absolute atomic E-state index is 12.9. The van der Waals surface area contributed by atoms with Gasteiger partial charge in [0.05, 0.1) is 17.6 Å². The number of rotatable bonds is 3. The van der Waals surface area contributed by atoms with Crippen LogP contribution in [0.25, 0.3) is 5.65 Å². The molecule has 0 radical (unpaired) electrons. The van der Waals surface area contributed by atoms with Gasteiger partial charge < -0.3 is 0 Å². The van der Waals surface area contributed by atoms with Crippen LogP contribution in [0.5, 0.6) is 0 Å². The lowest BCUT2D eigenvalue weighted by Gasteiger charge is -2.31. The second-order valence-corrected chi connectivity index (χ2v) is 6.67. The molecule has 0 bridgehead atoms. The van der Waals surface area contributed by atoms with Crippen LogP contribution >= 0.6 is 0 Å². The summed E-state index contributed by atoms with van der Waals surface area (Å²) in [5.74, 6) is -0.0134. The number of likely N-dealkylation sites (tertiary alicyclic amines) is 1. The molecule has 0 unspecified atom stereocenters. The second kappa shape index (κ2) is 6.40. The smallest absolute Gasteiger partial charge is 0.272 e. The van der Waals surface area contributed by atoms with Gasteiger partial charge in [-0.25, -0.2) is 13.9 Å². The Labute approximate surface area is 144 Å². The van der Waals surface area contributed by atoms with Gasteiger partial charge in [-0.3, -0.25) is 19.8 Å². The van der Waals surface area contributed by atoms with E-state index in [1.807, 2.05) is 13.0 Å². The summed E-state index contributed by atoms with van der Waals surface area (Å²) in [5, 5.41) is 2.99. The third-order valence-corrected chi connectivity index (χ3v) is 4.78. The molecule has 25 heavy (non-hydrogen) atoms. The van der Waals surface area contributed by atoms with Crippen LogP contribution in [-0.2, 0) is 6.54 Å². The molecular formula is C18H20FN5O. The van der Waals surface area contributed by atoms with E-state index in [-0.39, 0.29) is 11.4 Å². The molecule has 1 N–H and O–H groups in total. The first-order chi connectivity index (χ1) is 12.1. The highest BCUT2D eigenvalue weighted by Crippen LogP contribution is 2.27. The zero-order valence-electron chi connectivity index (χ0n) is 14.1. The molecule has 3 aromatic heterocycles. The Morgan fingerprint density at radius 3 is 2.80 bits per heavy atom. The van der Waals surface area contributed by atoms with E-state index in [9.17, 15) is 9.18 Å². The maximum atomic E-state index is 12.9. The molecule has 0 spiro atoms. The van der Waals surface area contributed by atoms with Crippen LogP contribution in [0, 0.1) is 12.7 Å². The lowest BCUT2D eigenvalue weighted by molar-refractivity contribution is 0.201. The largest absolute Gasteiger partial charge is 0.297 e. The SMILES string of the molecule is Cc1cc2nc(C3CCN(Cc4ccc(F)cn4)CC3)cc(=O)n2[nH]1. The van der Waals surface area contributed by atoms with E-state index in [0.717, 1.165) is 49.6 Å². The van der Waals surface area contributed by atoms with E-state index in [1.165, 1.54) is 16.8 Å². The summed E-state index contributed by atoms with van der Waals surface area (Å²) in [6, 6.07) is 6.71. The fourth-order valence-corrected chi connectivity index (χ4v) is 3.46. The van der Waals surface area contributed by atoms with Crippen molar-refractivity contribution < 1.29 is 4.39 Å². The highest BCUT2D eigenvalue weighted by molar-refractivity contribution is 5.39. The number of hydrogen-bond acceptors (Lipinski definition) is 4. The molecule has 1 aliphatic heterocycles. The minimum Gasteiger partial charge on any atom is -0.297 e. The third-order valence-electron chi connectivity index (χ3n) is 4.78. The van der Waals surface area contributed by atoms with Crippen molar-refractivity contribution in [2.75, 3.05) is 13.1 Å². The molecule has 130 valence electrons. The molecule has 4 rings (SSSR count). The number of hydrogen-bond donors (Lipinski definition) is 1. The van der Waals surface area contributed by atoms with E-state index in [1.54, 1.807) is 12.1 Å². The molecule has 6 nitrogen and oxygen atoms in total. The van der Waals surface area contributed by atoms with Crippen LogP contribution in [0.3, 0.4) is 0 Å². The van der Waals surface area contributed by atoms with Crippen molar-refractivity contribution in [2.24, 2.45) is 0 Å². The van der Waals surface area contributed by atoms with Crippen molar-refractivity contribution in [3.05, 3.63) is 63.7 Å². The van der Waals surface area contributed by atoms with E-state index < -0.39 is 0 Å². The number of piperidine rings is 1. The average molecular weight is 341 g/mol. The summed E-state index contributed by atoms with van der Waals surface area (Å²) in [4.78, 5) is 23.3. The summed E-state index contributed by atoms with van der Waals surface area (Å²) in [6.45, 7) is 4.46. The van der Waals surface area contributed by atoms with Gasteiger partial charge in [0, 0.05) is 30.3 Å². The molecule has 0 atom stereocenters. The predicted molar refractivity (Wildman–Crippen MR) is 92.0 cm³/mol. The zero-order chi connectivity index (χ0) is 17.4. The third kappa shape index (κ3) is 3.32. The molecule has 0 aliphatic carbocycles. The number of pyridine rings is 1. The average Bonchev–Trinajstić information content (AvgIpc) is 2.99. The number of aromatic amines is 1. The van der Waals surface area contributed by atoms with E-state index >= 15 is 0 Å². The number of fused-ring (bicyclic) bond motifs is 1. The minimum atomic E-state index is -0.310. The summed E-state index contributed by atoms with van der Waals surface area (Å²) in [5.41, 5.74) is 3.29. The van der Waals surface area contributed by atoms with E-state index in [4.69, 9.17) is 0 Å². The van der Waals surface area contributed by atoms with Crippen molar-refractivity contribution in [3.63, 3.8) is 0 Å². The van der Waals surface area contributed by atoms with Gasteiger partial charge in [0.1, 0.15) is 5.82 Å². The quantitative estimate of drug-likeness (QED) is 0.793. The van der Waals surface area contributed by atoms with Crippen LogP contribution in [0.2, 0.25) is 0 Å². The fourth-order valence-electron chi connectivity index (χ4n) is 3.46. The molecule has 0 saturated carbocycles. The topological polar surface area (TPSA) is 66.3 Å². The Hall–Kier alpha value is -2.54. The first kappa shape index (κ1) is 16.0. The van der Waals surface area contributed by atoms with Crippen molar-refractivity contribution in [1.29, 1.82) is 0 Å². The molecule has 4 heterocycles. The first-order valence-electron chi connectivity index (χ1n) is 8.50. The number of nitrogens with zero attached hydrogens (tertiary/aromatic N) is 4. The molecule has 1 fully saturated rings.